The summed E-state index contributed by atoms with van der Waals surface area (Å²) in [4.78, 5) is 0.243. The van der Waals surface area contributed by atoms with Crippen LogP contribution in [0.15, 0.2) is 29.2 Å². The SMILES string of the molecule is O=S(=O)(c1ccccc1Cl)N(CC1CCNCC1)C1CC1. The molecule has 1 aromatic carbocycles. The number of piperidine rings is 1. The fourth-order valence-electron chi connectivity index (χ4n) is 2.90. The van der Waals surface area contributed by atoms with Crippen LogP contribution in [0.2, 0.25) is 5.02 Å². The molecule has 1 N–H and O–H groups in total. The molecule has 2 aliphatic rings. The third-order valence-electron chi connectivity index (χ3n) is 4.27. The number of hydrogen-bond donors (Lipinski definition) is 1. The van der Waals surface area contributed by atoms with Gasteiger partial charge in [-0.15, -0.1) is 0 Å². The van der Waals surface area contributed by atoms with Crippen LogP contribution in [-0.4, -0.2) is 38.4 Å². The number of benzene rings is 1. The first-order valence-corrected chi connectivity index (χ1v) is 9.38. The van der Waals surface area contributed by atoms with E-state index < -0.39 is 10.0 Å². The fraction of sp³-hybridized carbons (Fsp3) is 0.600. The summed E-state index contributed by atoms with van der Waals surface area (Å²) in [7, 11) is -3.49. The van der Waals surface area contributed by atoms with E-state index >= 15 is 0 Å². The molecule has 1 aromatic rings. The van der Waals surface area contributed by atoms with Gasteiger partial charge in [0.15, 0.2) is 0 Å². The summed E-state index contributed by atoms with van der Waals surface area (Å²) in [6.07, 6.45) is 4.02. The summed E-state index contributed by atoms with van der Waals surface area (Å²) in [5.74, 6) is 0.448. The predicted octanol–water partition coefficient (Wildman–Crippen LogP) is 2.49. The van der Waals surface area contributed by atoms with Crippen LogP contribution in [-0.2, 0) is 10.0 Å². The minimum Gasteiger partial charge on any atom is -0.317 e. The number of nitrogens with one attached hydrogen (secondary N) is 1. The van der Waals surface area contributed by atoms with Gasteiger partial charge in [-0.1, -0.05) is 23.7 Å². The Bertz CT molecular complexity index is 595. The fourth-order valence-corrected chi connectivity index (χ4v) is 5.16. The van der Waals surface area contributed by atoms with E-state index in [2.05, 4.69) is 5.32 Å². The molecule has 0 atom stereocenters. The van der Waals surface area contributed by atoms with Gasteiger partial charge in [0.2, 0.25) is 10.0 Å². The Morgan fingerprint density at radius 2 is 1.81 bits per heavy atom. The topological polar surface area (TPSA) is 49.4 Å². The molecule has 4 nitrogen and oxygen atoms in total. The van der Waals surface area contributed by atoms with Crippen LogP contribution in [0.3, 0.4) is 0 Å². The Labute approximate surface area is 131 Å². The molecule has 1 saturated carbocycles. The first-order chi connectivity index (χ1) is 10.1. The van der Waals surface area contributed by atoms with Crippen molar-refractivity contribution < 1.29 is 8.42 Å². The molecule has 2 fully saturated rings. The first kappa shape index (κ1) is 15.3. The second-order valence-corrected chi connectivity index (χ2v) is 8.20. The van der Waals surface area contributed by atoms with Crippen molar-refractivity contribution in [2.24, 2.45) is 5.92 Å². The normalized spacial score (nSPS) is 20.9. The summed E-state index contributed by atoms with van der Waals surface area (Å²) < 4.78 is 27.6. The highest BCUT2D eigenvalue weighted by molar-refractivity contribution is 7.89. The van der Waals surface area contributed by atoms with E-state index in [1.165, 1.54) is 0 Å². The van der Waals surface area contributed by atoms with Gasteiger partial charge in [0.1, 0.15) is 4.90 Å². The number of hydrogen-bond acceptors (Lipinski definition) is 3. The molecule has 3 rings (SSSR count). The van der Waals surface area contributed by atoms with E-state index in [0.717, 1.165) is 38.8 Å². The Hall–Kier alpha value is -0.620. The zero-order valence-electron chi connectivity index (χ0n) is 12.0. The number of rotatable bonds is 5. The Morgan fingerprint density at radius 1 is 1.14 bits per heavy atom. The highest BCUT2D eigenvalue weighted by Gasteiger charge is 2.40. The average Bonchev–Trinajstić information content (AvgIpc) is 3.30. The van der Waals surface area contributed by atoms with Crippen LogP contribution in [0.4, 0.5) is 0 Å². The lowest BCUT2D eigenvalue weighted by Gasteiger charge is -2.29. The van der Waals surface area contributed by atoms with Gasteiger partial charge in [0.25, 0.3) is 0 Å². The van der Waals surface area contributed by atoms with E-state index in [4.69, 9.17) is 11.6 Å². The van der Waals surface area contributed by atoms with Crippen molar-refractivity contribution in [3.05, 3.63) is 29.3 Å². The third-order valence-corrected chi connectivity index (χ3v) is 6.69. The van der Waals surface area contributed by atoms with E-state index in [0.29, 0.717) is 17.5 Å². The maximum absolute atomic E-state index is 12.9. The monoisotopic (exact) mass is 328 g/mol. The molecule has 0 unspecified atom stereocenters. The lowest BCUT2D eigenvalue weighted by molar-refractivity contribution is 0.283. The zero-order valence-corrected chi connectivity index (χ0v) is 13.5. The molecule has 1 heterocycles. The van der Waals surface area contributed by atoms with Crippen molar-refractivity contribution in [3.8, 4) is 0 Å². The number of nitrogens with zero attached hydrogens (tertiary/aromatic N) is 1. The van der Waals surface area contributed by atoms with Gasteiger partial charge in [0.05, 0.1) is 5.02 Å². The number of halogens is 1. The highest BCUT2D eigenvalue weighted by atomic mass is 35.5. The summed E-state index contributed by atoms with van der Waals surface area (Å²) in [5, 5.41) is 3.64. The minimum absolute atomic E-state index is 0.168. The van der Waals surface area contributed by atoms with Crippen molar-refractivity contribution >= 4 is 21.6 Å². The molecule has 0 aromatic heterocycles. The quantitative estimate of drug-likeness (QED) is 0.903. The zero-order chi connectivity index (χ0) is 14.9. The van der Waals surface area contributed by atoms with E-state index in [-0.39, 0.29) is 10.9 Å². The summed E-state index contributed by atoms with van der Waals surface area (Å²) in [6.45, 7) is 2.59. The average molecular weight is 329 g/mol. The van der Waals surface area contributed by atoms with E-state index in [9.17, 15) is 8.42 Å². The highest BCUT2D eigenvalue weighted by Crippen LogP contribution is 2.35. The van der Waals surface area contributed by atoms with Gasteiger partial charge in [-0.3, -0.25) is 0 Å². The second kappa shape index (κ2) is 6.24. The lowest BCUT2D eigenvalue weighted by Crippen LogP contribution is -2.40. The van der Waals surface area contributed by atoms with Gasteiger partial charge in [-0.05, 0) is 56.8 Å². The van der Waals surface area contributed by atoms with Gasteiger partial charge >= 0.3 is 0 Å². The molecule has 21 heavy (non-hydrogen) atoms. The van der Waals surface area contributed by atoms with Crippen LogP contribution in [0, 0.1) is 5.92 Å². The molecule has 1 aliphatic carbocycles. The standard InChI is InChI=1S/C15H21ClN2O2S/c16-14-3-1-2-4-15(14)21(19,20)18(13-5-6-13)11-12-7-9-17-10-8-12/h1-4,12-13,17H,5-11H2. The maximum atomic E-state index is 12.9. The first-order valence-electron chi connectivity index (χ1n) is 7.56. The van der Waals surface area contributed by atoms with Crippen molar-refractivity contribution in [2.75, 3.05) is 19.6 Å². The number of sulfonamides is 1. The Balaban J connectivity index is 1.84. The van der Waals surface area contributed by atoms with Crippen LogP contribution in [0.5, 0.6) is 0 Å². The summed E-state index contributed by atoms with van der Waals surface area (Å²) in [6, 6.07) is 6.91. The molecular formula is C15H21ClN2O2S. The van der Waals surface area contributed by atoms with Crippen LogP contribution in [0.25, 0.3) is 0 Å². The van der Waals surface area contributed by atoms with Gasteiger partial charge in [-0.25, -0.2) is 8.42 Å². The van der Waals surface area contributed by atoms with Crippen LogP contribution < -0.4 is 5.32 Å². The molecule has 0 radical (unpaired) electrons. The van der Waals surface area contributed by atoms with Gasteiger partial charge in [0, 0.05) is 12.6 Å². The Morgan fingerprint density at radius 3 is 2.43 bits per heavy atom. The van der Waals surface area contributed by atoms with Crippen LogP contribution in [0.1, 0.15) is 25.7 Å². The minimum atomic E-state index is -3.49. The van der Waals surface area contributed by atoms with E-state index in [1.807, 2.05) is 0 Å². The molecule has 116 valence electrons. The molecular weight excluding hydrogens is 308 g/mol. The van der Waals surface area contributed by atoms with Crippen molar-refractivity contribution in [2.45, 2.75) is 36.6 Å². The molecule has 0 spiro atoms. The van der Waals surface area contributed by atoms with Crippen LogP contribution >= 0.6 is 11.6 Å². The lowest BCUT2D eigenvalue weighted by atomic mass is 9.98. The predicted molar refractivity (Wildman–Crippen MR) is 84.0 cm³/mol. The van der Waals surface area contributed by atoms with Gasteiger partial charge < -0.3 is 5.32 Å². The smallest absolute Gasteiger partial charge is 0.244 e. The third kappa shape index (κ3) is 3.42. The molecule has 1 saturated heterocycles. The van der Waals surface area contributed by atoms with Crippen molar-refractivity contribution in [1.29, 1.82) is 0 Å². The van der Waals surface area contributed by atoms with Crippen molar-refractivity contribution in [3.63, 3.8) is 0 Å². The van der Waals surface area contributed by atoms with E-state index in [1.54, 1.807) is 28.6 Å². The second-order valence-electron chi connectivity index (χ2n) is 5.93. The summed E-state index contributed by atoms with van der Waals surface area (Å²) >= 11 is 6.10. The Kier molecular flexibility index (Phi) is 4.54. The van der Waals surface area contributed by atoms with Gasteiger partial charge in [-0.2, -0.15) is 4.31 Å². The summed E-state index contributed by atoms with van der Waals surface area (Å²) in [5.41, 5.74) is 0. The molecule has 6 heteroatoms. The molecule has 0 amide bonds. The maximum Gasteiger partial charge on any atom is 0.244 e. The largest absolute Gasteiger partial charge is 0.317 e. The molecule has 1 aliphatic heterocycles. The van der Waals surface area contributed by atoms with Crippen molar-refractivity contribution in [1.82, 2.24) is 9.62 Å². The molecule has 0 bridgehead atoms.